The number of carbonyl (C=O) groups is 2. The van der Waals surface area contributed by atoms with E-state index in [9.17, 15) is 22.8 Å². The Morgan fingerprint density at radius 2 is 1.79 bits per heavy atom. The smallest absolute Gasteiger partial charge is 0.416 e. The minimum atomic E-state index is -4.58. The Labute approximate surface area is 162 Å². The lowest BCUT2D eigenvalue weighted by atomic mass is 10.1. The van der Waals surface area contributed by atoms with E-state index in [-0.39, 0.29) is 10.6 Å². The van der Waals surface area contributed by atoms with Crippen LogP contribution < -0.4 is 14.4 Å². The van der Waals surface area contributed by atoms with Gasteiger partial charge in [0.05, 0.1) is 30.4 Å². The van der Waals surface area contributed by atoms with Gasteiger partial charge in [-0.3, -0.25) is 9.59 Å². The summed E-state index contributed by atoms with van der Waals surface area (Å²) in [7, 11) is 2.93. The first kappa shape index (κ1) is 19.8. The minimum Gasteiger partial charge on any atom is -0.497 e. The number of anilines is 1. The van der Waals surface area contributed by atoms with Gasteiger partial charge in [0, 0.05) is 5.56 Å². The Balaban J connectivity index is 1.98. The van der Waals surface area contributed by atoms with Gasteiger partial charge in [0.25, 0.3) is 11.1 Å². The summed E-state index contributed by atoms with van der Waals surface area (Å²) in [6.45, 7) is 0. The number of halogens is 3. The van der Waals surface area contributed by atoms with E-state index in [2.05, 4.69) is 0 Å². The second-order valence-corrected chi connectivity index (χ2v) is 6.67. The monoisotopic (exact) mass is 409 g/mol. The van der Waals surface area contributed by atoms with Crippen LogP contribution in [0.4, 0.5) is 23.7 Å². The topological polar surface area (TPSA) is 55.8 Å². The van der Waals surface area contributed by atoms with Crippen LogP contribution in [-0.4, -0.2) is 25.4 Å². The number of alkyl halides is 3. The second-order valence-electron chi connectivity index (χ2n) is 5.67. The molecule has 0 radical (unpaired) electrons. The molecule has 9 heteroatoms. The van der Waals surface area contributed by atoms with Crippen molar-refractivity contribution in [2.24, 2.45) is 0 Å². The van der Waals surface area contributed by atoms with Crippen LogP contribution in [0.25, 0.3) is 6.08 Å². The molecule has 1 saturated heterocycles. The van der Waals surface area contributed by atoms with E-state index in [1.807, 2.05) is 0 Å². The number of amides is 2. The van der Waals surface area contributed by atoms with Crippen molar-refractivity contribution >= 4 is 34.7 Å². The van der Waals surface area contributed by atoms with Crippen LogP contribution in [-0.2, 0) is 11.0 Å². The van der Waals surface area contributed by atoms with E-state index < -0.39 is 22.9 Å². The van der Waals surface area contributed by atoms with E-state index in [4.69, 9.17) is 9.47 Å². The van der Waals surface area contributed by atoms with Crippen molar-refractivity contribution < 1.29 is 32.2 Å². The van der Waals surface area contributed by atoms with Gasteiger partial charge >= 0.3 is 6.18 Å². The van der Waals surface area contributed by atoms with Gasteiger partial charge in [-0.25, -0.2) is 4.90 Å². The number of imide groups is 1. The van der Waals surface area contributed by atoms with Crippen molar-refractivity contribution in [1.29, 1.82) is 0 Å². The number of hydrogen-bond acceptors (Lipinski definition) is 5. The van der Waals surface area contributed by atoms with E-state index in [1.54, 1.807) is 18.2 Å². The maximum absolute atomic E-state index is 12.9. The van der Waals surface area contributed by atoms with Gasteiger partial charge in [0.15, 0.2) is 0 Å². The number of rotatable bonds is 4. The fourth-order valence-electron chi connectivity index (χ4n) is 2.61. The molecule has 1 aliphatic rings. The number of nitrogens with zero attached hydrogens (tertiary/aromatic N) is 1. The molecular formula is C19H14F3NO4S. The molecule has 0 unspecified atom stereocenters. The average Bonchev–Trinajstić information content (AvgIpc) is 2.94. The van der Waals surface area contributed by atoms with Crippen LogP contribution in [0.3, 0.4) is 0 Å². The maximum Gasteiger partial charge on any atom is 0.416 e. The number of benzene rings is 2. The number of ether oxygens (including phenoxy) is 2. The Bertz CT molecular complexity index is 972. The Morgan fingerprint density at radius 1 is 1.04 bits per heavy atom. The van der Waals surface area contributed by atoms with Gasteiger partial charge in [-0.15, -0.1) is 0 Å². The predicted molar refractivity (Wildman–Crippen MR) is 99.4 cm³/mol. The number of hydrogen-bond donors (Lipinski definition) is 0. The highest BCUT2D eigenvalue weighted by atomic mass is 32.2. The molecule has 1 fully saturated rings. The third-order valence-corrected chi connectivity index (χ3v) is 4.82. The van der Waals surface area contributed by atoms with Crippen molar-refractivity contribution in [3.63, 3.8) is 0 Å². The number of methoxy groups -OCH3 is 2. The fraction of sp³-hybridized carbons (Fsp3) is 0.158. The highest BCUT2D eigenvalue weighted by Crippen LogP contribution is 2.39. The average molecular weight is 409 g/mol. The van der Waals surface area contributed by atoms with Crippen molar-refractivity contribution in [2.45, 2.75) is 6.18 Å². The lowest BCUT2D eigenvalue weighted by Crippen LogP contribution is -2.28. The molecule has 0 saturated carbocycles. The van der Waals surface area contributed by atoms with Crippen LogP contribution in [0.2, 0.25) is 0 Å². The van der Waals surface area contributed by atoms with E-state index >= 15 is 0 Å². The molecule has 2 aromatic carbocycles. The second kappa shape index (κ2) is 7.59. The summed E-state index contributed by atoms with van der Waals surface area (Å²) in [5.41, 5.74) is -0.586. The highest BCUT2D eigenvalue weighted by Gasteiger charge is 2.38. The highest BCUT2D eigenvalue weighted by molar-refractivity contribution is 8.19. The molecule has 0 spiro atoms. The molecule has 0 N–H and O–H groups in total. The molecule has 28 heavy (non-hydrogen) atoms. The minimum absolute atomic E-state index is 0.0639. The Hall–Kier alpha value is -2.94. The summed E-state index contributed by atoms with van der Waals surface area (Å²) < 4.78 is 49.2. The van der Waals surface area contributed by atoms with Gasteiger partial charge in [-0.2, -0.15) is 13.2 Å². The summed E-state index contributed by atoms with van der Waals surface area (Å²) in [6, 6.07) is 9.01. The molecule has 2 amide bonds. The van der Waals surface area contributed by atoms with Crippen molar-refractivity contribution in [3.8, 4) is 11.5 Å². The summed E-state index contributed by atoms with van der Waals surface area (Å²) in [5.74, 6) is 0.259. The molecular weight excluding hydrogens is 395 g/mol. The van der Waals surface area contributed by atoms with E-state index in [0.717, 1.165) is 23.1 Å². The third kappa shape index (κ3) is 3.84. The van der Waals surface area contributed by atoms with Gasteiger partial charge in [-0.05, 0) is 54.2 Å². The fourth-order valence-corrected chi connectivity index (χ4v) is 3.44. The molecule has 2 aromatic rings. The van der Waals surface area contributed by atoms with Gasteiger partial charge in [0.1, 0.15) is 11.5 Å². The largest absolute Gasteiger partial charge is 0.497 e. The van der Waals surface area contributed by atoms with Gasteiger partial charge in [-0.1, -0.05) is 6.07 Å². The Morgan fingerprint density at radius 3 is 2.43 bits per heavy atom. The molecule has 5 nitrogen and oxygen atoms in total. The van der Waals surface area contributed by atoms with E-state index in [1.165, 1.54) is 26.4 Å². The zero-order valence-corrected chi connectivity index (χ0v) is 15.6. The third-order valence-electron chi connectivity index (χ3n) is 3.95. The van der Waals surface area contributed by atoms with Crippen molar-refractivity contribution in [2.75, 3.05) is 19.1 Å². The lowest BCUT2D eigenvalue weighted by molar-refractivity contribution is -0.137. The summed E-state index contributed by atoms with van der Waals surface area (Å²) in [6.07, 6.45) is -3.14. The first-order valence-electron chi connectivity index (χ1n) is 7.92. The summed E-state index contributed by atoms with van der Waals surface area (Å²) in [5, 5.41) is -0.683. The van der Waals surface area contributed by atoms with Crippen LogP contribution in [0.15, 0.2) is 47.4 Å². The van der Waals surface area contributed by atoms with Crippen LogP contribution in [0.5, 0.6) is 11.5 Å². The summed E-state index contributed by atoms with van der Waals surface area (Å²) >= 11 is 0.638. The molecule has 3 rings (SSSR count). The quantitative estimate of drug-likeness (QED) is 0.668. The molecule has 0 aliphatic carbocycles. The molecule has 1 aliphatic heterocycles. The van der Waals surface area contributed by atoms with E-state index in [0.29, 0.717) is 28.8 Å². The molecule has 0 aromatic heterocycles. The first-order valence-corrected chi connectivity index (χ1v) is 8.73. The molecule has 1 heterocycles. The van der Waals surface area contributed by atoms with Crippen LogP contribution in [0, 0.1) is 0 Å². The number of thioether (sulfide) groups is 1. The lowest BCUT2D eigenvalue weighted by Gasteiger charge is -2.15. The molecule has 0 atom stereocenters. The SMILES string of the molecule is COc1ccc(OC)c(/C=C2\SC(=O)N(c3cccc(C(F)(F)F)c3)C2=O)c1. The summed E-state index contributed by atoms with van der Waals surface area (Å²) in [4.78, 5) is 25.8. The first-order chi connectivity index (χ1) is 13.2. The van der Waals surface area contributed by atoms with Crippen LogP contribution >= 0.6 is 11.8 Å². The molecule has 0 bridgehead atoms. The standard InChI is InChI=1S/C19H14F3NO4S/c1-26-14-6-7-15(27-2)11(8-14)9-16-17(24)23(18(25)28-16)13-5-3-4-12(10-13)19(20,21)22/h3-10H,1-2H3/b16-9-. The van der Waals surface area contributed by atoms with Gasteiger partial charge < -0.3 is 9.47 Å². The van der Waals surface area contributed by atoms with Gasteiger partial charge in [0.2, 0.25) is 0 Å². The zero-order chi connectivity index (χ0) is 20.5. The zero-order valence-electron chi connectivity index (χ0n) is 14.7. The number of carbonyl (C=O) groups excluding carboxylic acids is 2. The van der Waals surface area contributed by atoms with Crippen molar-refractivity contribution in [1.82, 2.24) is 0 Å². The Kier molecular flexibility index (Phi) is 5.37. The molecule has 146 valence electrons. The normalized spacial score (nSPS) is 16.0. The van der Waals surface area contributed by atoms with Crippen molar-refractivity contribution in [3.05, 3.63) is 58.5 Å². The maximum atomic E-state index is 12.9. The van der Waals surface area contributed by atoms with Crippen LogP contribution in [0.1, 0.15) is 11.1 Å². The predicted octanol–water partition coefficient (Wildman–Crippen LogP) is 4.96.